The molecule has 1 atom stereocenters. The van der Waals surface area contributed by atoms with Crippen LogP contribution < -0.4 is 14.8 Å². The van der Waals surface area contributed by atoms with Crippen molar-refractivity contribution in [3.05, 3.63) is 84.2 Å². The second-order valence-corrected chi connectivity index (χ2v) is 7.39. The second-order valence-electron chi connectivity index (χ2n) is 6.21. The van der Waals surface area contributed by atoms with Gasteiger partial charge in [-0.25, -0.2) is 4.39 Å². The molecule has 0 bridgehead atoms. The monoisotopic (exact) mass is 395 g/mol. The first-order chi connectivity index (χ1) is 13.7. The zero-order valence-corrected chi connectivity index (χ0v) is 15.7. The van der Waals surface area contributed by atoms with Crippen molar-refractivity contribution in [2.24, 2.45) is 0 Å². The van der Waals surface area contributed by atoms with Crippen LogP contribution in [0.1, 0.15) is 10.8 Å². The number of carbonyl (C=O) groups is 1. The first-order valence-corrected chi connectivity index (χ1v) is 9.75. The fourth-order valence-electron chi connectivity index (χ4n) is 2.87. The van der Waals surface area contributed by atoms with Crippen LogP contribution >= 0.6 is 11.8 Å². The largest absolute Gasteiger partial charge is 0.486 e. The van der Waals surface area contributed by atoms with Gasteiger partial charge in [0.1, 0.15) is 24.3 Å². The van der Waals surface area contributed by atoms with Gasteiger partial charge in [0.2, 0.25) is 5.91 Å². The van der Waals surface area contributed by atoms with Gasteiger partial charge in [-0.15, -0.1) is 11.8 Å². The molecule has 3 aromatic rings. The quantitative estimate of drug-likeness (QED) is 0.613. The summed E-state index contributed by atoms with van der Waals surface area (Å²) in [4.78, 5) is 13.9. The van der Waals surface area contributed by atoms with Crippen molar-refractivity contribution in [2.45, 2.75) is 10.1 Å². The zero-order valence-electron chi connectivity index (χ0n) is 14.9. The Labute approximate surface area is 166 Å². The molecule has 1 N–H and O–H groups in total. The van der Waals surface area contributed by atoms with Crippen molar-refractivity contribution in [3.8, 4) is 11.5 Å². The van der Waals surface area contributed by atoms with E-state index in [1.807, 2.05) is 48.5 Å². The molecule has 0 saturated heterocycles. The molecular formula is C22H18FNO3S. The molecule has 28 heavy (non-hydrogen) atoms. The third kappa shape index (κ3) is 4.28. The van der Waals surface area contributed by atoms with Crippen LogP contribution in [-0.2, 0) is 4.79 Å². The van der Waals surface area contributed by atoms with Crippen molar-refractivity contribution in [1.82, 2.24) is 0 Å². The SMILES string of the molecule is O=C(Nc1ccc(F)cc1)C(Sc1ccc2c(c1)OCCO2)c1ccccc1. The topological polar surface area (TPSA) is 47.6 Å². The van der Waals surface area contributed by atoms with Crippen molar-refractivity contribution in [3.63, 3.8) is 0 Å². The highest BCUT2D eigenvalue weighted by atomic mass is 32.2. The molecule has 1 aliphatic heterocycles. The van der Waals surface area contributed by atoms with Crippen LogP contribution in [0, 0.1) is 5.82 Å². The molecule has 4 nitrogen and oxygen atoms in total. The average Bonchev–Trinajstić information content (AvgIpc) is 2.74. The highest BCUT2D eigenvalue weighted by Crippen LogP contribution is 2.40. The van der Waals surface area contributed by atoms with Gasteiger partial charge in [-0.3, -0.25) is 4.79 Å². The summed E-state index contributed by atoms with van der Waals surface area (Å²) in [6.07, 6.45) is 0. The van der Waals surface area contributed by atoms with E-state index in [2.05, 4.69) is 5.32 Å². The van der Waals surface area contributed by atoms with Gasteiger partial charge in [0.05, 0.1) is 0 Å². The summed E-state index contributed by atoms with van der Waals surface area (Å²) in [6.45, 7) is 1.04. The summed E-state index contributed by atoms with van der Waals surface area (Å²) in [5.41, 5.74) is 1.43. The Morgan fingerprint density at radius 2 is 1.64 bits per heavy atom. The lowest BCUT2D eigenvalue weighted by Crippen LogP contribution is -2.19. The van der Waals surface area contributed by atoms with E-state index in [1.165, 1.54) is 23.9 Å². The van der Waals surface area contributed by atoms with E-state index in [-0.39, 0.29) is 11.7 Å². The number of thioether (sulfide) groups is 1. The molecule has 6 heteroatoms. The molecule has 142 valence electrons. The van der Waals surface area contributed by atoms with Gasteiger partial charge < -0.3 is 14.8 Å². The fraction of sp³-hybridized carbons (Fsp3) is 0.136. The standard InChI is InChI=1S/C22H18FNO3S/c23-16-6-8-17(9-7-16)24-22(25)21(15-4-2-1-3-5-15)28-18-10-11-19-20(14-18)27-13-12-26-19/h1-11,14,21H,12-13H2,(H,24,25). The van der Waals surface area contributed by atoms with E-state index in [1.54, 1.807) is 12.1 Å². The van der Waals surface area contributed by atoms with Crippen LogP contribution in [0.5, 0.6) is 11.5 Å². The maximum atomic E-state index is 13.1. The highest BCUT2D eigenvalue weighted by Gasteiger charge is 2.23. The molecule has 0 saturated carbocycles. The zero-order chi connectivity index (χ0) is 19.3. The Bertz CT molecular complexity index is 963. The molecule has 1 amide bonds. The number of amides is 1. The number of carbonyl (C=O) groups excluding carboxylic acids is 1. The van der Waals surface area contributed by atoms with E-state index in [0.717, 1.165) is 10.5 Å². The summed E-state index contributed by atoms with van der Waals surface area (Å²) in [7, 11) is 0. The van der Waals surface area contributed by atoms with E-state index in [0.29, 0.717) is 30.4 Å². The Morgan fingerprint density at radius 3 is 2.39 bits per heavy atom. The summed E-state index contributed by atoms with van der Waals surface area (Å²) < 4.78 is 24.3. The summed E-state index contributed by atoms with van der Waals surface area (Å²) >= 11 is 1.42. The number of hydrogen-bond acceptors (Lipinski definition) is 4. The lowest BCUT2D eigenvalue weighted by molar-refractivity contribution is -0.115. The predicted molar refractivity (Wildman–Crippen MR) is 108 cm³/mol. The molecule has 4 rings (SSSR count). The van der Waals surface area contributed by atoms with Gasteiger partial charge in [0.15, 0.2) is 11.5 Å². The maximum absolute atomic E-state index is 13.1. The van der Waals surface area contributed by atoms with Crippen molar-refractivity contribution < 1.29 is 18.7 Å². The predicted octanol–water partition coefficient (Wildman–Crippen LogP) is 5.07. The molecule has 0 aliphatic carbocycles. The van der Waals surface area contributed by atoms with Gasteiger partial charge in [0, 0.05) is 10.6 Å². The van der Waals surface area contributed by atoms with Gasteiger partial charge >= 0.3 is 0 Å². The molecule has 0 spiro atoms. The van der Waals surface area contributed by atoms with E-state index >= 15 is 0 Å². The number of ether oxygens (including phenoxy) is 2. The van der Waals surface area contributed by atoms with E-state index in [4.69, 9.17) is 9.47 Å². The number of benzene rings is 3. The lowest BCUT2D eigenvalue weighted by atomic mass is 10.1. The third-order valence-electron chi connectivity index (χ3n) is 4.22. The van der Waals surface area contributed by atoms with Crippen molar-refractivity contribution >= 4 is 23.4 Å². The molecular weight excluding hydrogens is 377 g/mol. The molecule has 0 radical (unpaired) electrons. The van der Waals surface area contributed by atoms with Crippen LogP contribution in [-0.4, -0.2) is 19.1 Å². The van der Waals surface area contributed by atoms with Crippen LogP contribution in [0.2, 0.25) is 0 Å². The Kier molecular flexibility index (Phi) is 5.48. The van der Waals surface area contributed by atoms with Gasteiger partial charge in [0.25, 0.3) is 0 Å². The molecule has 0 aromatic heterocycles. The van der Waals surface area contributed by atoms with E-state index in [9.17, 15) is 9.18 Å². The first-order valence-electron chi connectivity index (χ1n) is 8.87. The molecule has 1 unspecified atom stereocenters. The van der Waals surface area contributed by atoms with Crippen LogP contribution in [0.3, 0.4) is 0 Å². The minimum absolute atomic E-state index is 0.183. The van der Waals surface area contributed by atoms with Crippen molar-refractivity contribution in [1.29, 1.82) is 0 Å². The number of halogens is 1. The minimum atomic E-state index is -0.478. The smallest absolute Gasteiger partial charge is 0.242 e. The van der Waals surface area contributed by atoms with Crippen molar-refractivity contribution in [2.75, 3.05) is 18.5 Å². The van der Waals surface area contributed by atoms with Crippen LogP contribution in [0.25, 0.3) is 0 Å². The second kappa shape index (κ2) is 8.35. The third-order valence-corrected chi connectivity index (χ3v) is 5.47. The summed E-state index contributed by atoms with van der Waals surface area (Å²) in [5, 5.41) is 2.39. The number of anilines is 1. The first kappa shape index (κ1) is 18.4. The highest BCUT2D eigenvalue weighted by molar-refractivity contribution is 8.00. The molecule has 1 aliphatic rings. The number of fused-ring (bicyclic) bond motifs is 1. The number of nitrogens with one attached hydrogen (secondary N) is 1. The Morgan fingerprint density at radius 1 is 0.929 bits per heavy atom. The summed E-state index contributed by atoms with van der Waals surface area (Å²) in [6, 6.07) is 20.9. The Balaban J connectivity index is 1.58. The number of rotatable bonds is 5. The summed E-state index contributed by atoms with van der Waals surface area (Å²) in [5.74, 6) is 0.866. The van der Waals surface area contributed by atoms with Gasteiger partial charge in [-0.2, -0.15) is 0 Å². The van der Waals surface area contributed by atoms with Crippen LogP contribution in [0.15, 0.2) is 77.7 Å². The lowest BCUT2D eigenvalue weighted by Gasteiger charge is -2.21. The molecule has 1 heterocycles. The number of hydrogen-bond donors (Lipinski definition) is 1. The Hall–Kier alpha value is -2.99. The molecule has 0 fully saturated rings. The fourth-order valence-corrected chi connectivity index (χ4v) is 3.93. The maximum Gasteiger partial charge on any atom is 0.242 e. The van der Waals surface area contributed by atoms with Gasteiger partial charge in [-0.05, 0) is 48.0 Å². The minimum Gasteiger partial charge on any atom is -0.486 e. The van der Waals surface area contributed by atoms with E-state index < -0.39 is 5.25 Å². The van der Waals surface area contributed by atoms with Crippen LogP contribution in [0.4, 0.5) is 10.1 Å². The normalized spacial score (nSPS) is 13.6. The van der Waals surface area contributed by atoms with Gasteiger partial charge in [-0.1, -0.05) is 30.3 Å². The average molecular weight is 395 g/mol. The molecule has 3 aromatic carbocycles.